The van der Waals surface area contributed by atoms with Crippen molar-refractivity contribution in [2.24, 2.45) is 0 Å². The van der Waals surface area contributed by atoms with Crippen molar-refractivity contribution in [2.75, 3.05) is 19.7 Å². The number of hydrogen-bond donors (Lipinski definition) is 1. The van der Waals surface area contributed by atoms with Gasteiger partial charge in [-0.2, -0.15) is 5.06 Å². The third-order valence-electron chi connectivity index (χ3n) is 1.34. The molecule has 54 valence electrons. The molecule has 0 aromatic rings. The minimum absolute atomic E-state index is 0.267. The molecule has 1 atom stereocenters. The number of aliphatic hydroxyl groups is 1. The van der Waals surface area contributed by atoms with Gasteiger partial charge in [-0.3, -0.25) is 4.84 Å². The van der Waals surface area contributed by atoms with Crippen LogP contribution in [0.1, 0.15) is 13.3 Å². The van der Waals surface area contributed by atoms with Crippen molar-refractivity contribution in [1.29, 1.82) is 0 Å². The van der Waals surface area contributed by atoms with Crippen LogP contribution in [0.4, 0.5) is 0 Å². The average molecular weight is 131 g/mol. The Balaban J connectivity index is 2.14. The van der Waals surface area contributed by atoms with Crippen molar-refractivity contribution in [3.63, 3.8) is 0 Å². The molecule has 1 fully saturated rings. The standard InChI is InChI=1S/C6H13NO2/c1-2-3-7-4-6(8)5-9-7/h6,8H,2-5H2,1H3. The number of aliphatic hydroxyl groups excluding tert-OH is 1. The van der Waals surface area contributed by atoms with Crippen LogP contribution in [-0.2, 0) is 4.84 Å². The van der Waals surface area contributed by atoms with E-state index < -0.39 is 0 Å². The van der Waals surface area contributed by atoms with Crippen LogP contribution in [0.3, 0.4) is 0 Å². The molecular weight excluding hydrogens is 118 g/mol. The molecular formula is C6H13NO2. The summed E-state index contributed by atoms with van der Waals surface area (Å²) in [5, 5.41) is 10.8. The Morgan fingerprint density at radius 3 is 3.00 bits per heavy atom. The summed E-state index contributed by atoms with van der Waals surface area (Å²) < 4.78 is 0. The van der Waals surface area contributed by atoms with Gasteiger partial charge in [0.25, 0.3) is 0 Å². The van der Waals surface area contributed by atoms with Crippen molar-refractivity contribution in [3.05, 3.63) is 0 Å². The number of nitrogens with zero attached hydrogens (tertiary/aromatic N) is 1. The lowest BCUT2D eigenvalue weighted by Gasteiger charge is -2.10. The van der Waals surface area contributed by atoms with E-state index in [1.165, 1.54) is 0 Å². The zero-order chi connectivity index (χ0) is 6.69. The molecule has 1 unspecified atom stereocenters. The van der Waals surface area contributed by atoms with Gasteiger partial charge in [0.05, 0.1) is 19.3 Å². The van der Waals surface area contributed by atoms with Crippen molar-refractivity contribution < 1.29 is 9.94 Å². The molecule has 1 saturated heterocycles. The molecule has 1 rings (SSSR count). The largest absolute Gasteiger partial charge is 0.389 e. The molecule has 9 heavy (non-hydrogen) atoms. The van der Waals surface area contributed by atoms with Crippen LogP contribution >= 0.6 is 0 Å². The molecule has 1 aliphatic heterocycles. The van der Waals surface area contributed by atoms with Crippen LogP contribution in [0.25, 0.3) is 0 Å². The number of rotatable bonds is 2. The Morgan fingerprint density at radius 2 is 2.56 bits per heavy atom. The van der Waals surface area contributed by atoms with E-state index in [4.69, 9.17) is 9.94 Å². The monoisotopic (exact) mass is 131 g/mol. The van der Waals surface area contributed by atoms with Gasteiger partial charge in [0.1, 0.15) is 0 Å². The quantitative estimate of drug-likeness (QED) is 0.572. The molecule has 0 aliphatic carbocycles. The lowest BCUT2D eigenvalue weighted by Crippen LogP contribution is -2.21. The van der Waals surface area contributed by atoms with Gasteiger partial charge in [-0.1, -0.05) is 6.92 Å². The first-order chi connectivity index (χ1) is 4.33. The molecule has 1 aliphatic rings. The van der Waals surface area contributed by atoms with Crippen molar-refractivity contribution in [3.8, 4) is 0 Å². The molecule has 0 saturated carbocycles. The first-order valence-corrected chi connectivity index (χ1v) is 3.39. The summed E-state index contributed by atoms with van der Waals surface area (Å²) in [6, 6.07) is 0. The predicted molar refractivity (Wildman–Crippen MR) is 33.8 cm³/mol. The summed E-state index contributed by atoms with van der Waals surface area (Å²) >= 11 is 0. The second kappa shape index (κ2) is 3.15. The molecule has 0 aromatic heterocycles. The number of hydroxylamine groups is 2. The molecule has 1 heterocycles. The first kappa shape index (κ1) is 6.99. The van der Waals surface area contributed by atoms with E-state index in [1.807, 2.05) is 5.06 Å². The highest BCUT2D eigenvalue weighted by Gasteiger charge is 2.19. The van der Waals surface area contributed by atoms with E-state index in [2.05, 4.69) is 6.92 Å². The van der Waals surface area contributed by atoms with E-state index in [0.717, 1.165) is 13.0 Å². The fraction of sp³-hybridized carbons (Fsp3) is 1.00. The van der Waals surface area contributed by atoms with Gasteiger partial charge in [-0.15, -0.1) is 0 Å². The highest BCUT2D eigenvalue weighted by atomic mass is 16.7. The normalized spacial score (nSPS) is 29.3. The summed E-state index contributed by atoms with van der Waals surface area (Å²) in [7, 11) is 0. The van der Waals surface area contributed by atoms with E-state index >= 15 is 0 Å². The van der Waals surface area contributed by atoms with Gasteiger partial charge < -0.3 is 5.11 Å². The van der Waals surface area contributed by atoms with Crippen LogP contribution < -0.4 is 0 Å². The van der Waals surface area contributed by atoms with Gasteiger partial charge in [0, 0.05) is 6.54 Å². The van der Waals surface area contributed by atoms with Crippen LogP contribution in [0, 0.1) is 0 Å². The van der Waals surface area contributed by atoms with Crippen molar-refractivity contribution >= 4 is 0 Å². The molecule has 0 bridgehead atoms. The molecule has 3 nitrogen and oxygen atoms in total. The van der Waals surface area contributed by atoms with Crippen LogP contribution in [0.15, 0.2) is 0 Å². The van der Waals surface area contributed by atoms with Crippen LogP contribution in [0.5, 0.6) is 0 Å². The van der Waals surface area contributed by atoms with Gasteiger partial charge in [0.2, 0.25) is 0 Å². The second-order valence-electron chi connectivity index (χ2n) is 2.34. The Kier molecular flexibility index (Phi) is 2.45. The zero-order valence-corrected chi connectivity index (χ0v) is 5.71. The third-order valence-corrected chi connectivity index (χ3v) is 1.34. The summed E-state index contributed by atoms with van der Waals surface area (Å²) in [5.74, 6) is 0. The second-order valence-corrected chi connectivity index (χ2v) is 2.34. The Hall–Kier alpha value is -0.120. The zero-order valence-electron chi connectivity index (χ0n) is 5.71. The maximum absolute atomic E-state index is 8.96. The highest BCUT2D eigenvalue weighted by molar-refractivity contribution is 4.62. The summed E-state index contributed by atoms with van der Waals surface area (Å²) in [5.41, 5.74) is 0. The topological polar surface area (TPSA) is 32.7 Å². The first-order valence-electron chi connectivity index (χ1n) is 3.39. The molecule has 0 spiro atoms. The Labute approximate surface area is 55.2 Å². The van der Waals surface area contributed by atoms with E-state index in [-0.39, 0.29) is 6.10 Å². The molecule has 1 N–H and O–H groups in total. The smallest absolute Gasteiger partial charge is 0.0958 e. The molecule has 3 heteroatoms. The summed E-state index contributed by atoms with van der Waals surface area (Å²) in [4.78, 5) is 5.09. The average Bonchev–Trinajstić information content (AvgIpc) is 2.17. The minimum Gasteiger partial charge on any atom is -0.389 e. The fourth-order valence-electron chi connectivity index (χ4n) is 0.937. The molecule has 0 radical (unpaired) electrons. The minimum atomic E-state index is -0.267. The number of hydrogen-bond acceptors (Lipinski definition) is 3. The summed E-state index contributed by atoms with van der Waals surface area (Å²) in [6.45, 7) is 4.17. The van der Waals surface area contributed by atoms with Gasteiger partial charge in [-0.25, -0.2) is 0 Å². The summed E-state index contributed by atoms with van der Waals surface area (Å²) in [6.07, 6.45) is 0.809. The Bertz CT molecular complexity index is 85.1. The molecule has 0 amide bonds. The lowest BCUT2D eigenvalue weighted by atomic mass is 10.4. The van der Waals surface area contributed by atoms with E-state index in [9.17, 15) is 0 Å². The SMILES string of the molecule is CCCN1CC(O)CO1. The van der Waals surface area contributed by atoms with E-state index in [1.54, 1.807) is 0 Å². The highest BCUT2D eigenvalue weighted by Crippen LogP contribution is 2.04. The van der Waals surface area contributed by atoms with Gasteiger partial charge >= 0.3 is 0 Å². The lowest BCUT2D eigenvalue weighted by molar-refractivity contribution is -0.110. The van der Waals surface area contributed by atoms with Gasteiger partial charge in [0.15, 0.2) is 0 Å². The molecule has 0 aromatic carbocycles. The fourth-order valence-corrected chi connectivity index (χ4v) is 0.937. The van der Waals surface area contributed by atoms with Gasteiger partial charge in [-0.05, 0) is 6.42 Å². The van der Waals surface area contributed by atoms with Crippen molar-refractivity contribution in [2.45, 2.75) is 19.4 Å². The van der Waals surface area contributed by atoms with Crippen molar-refractivity contribution in [1.82, 2.24) is 5.06 Å². The van der Waals surface area contributed by atoms with E-state index in [0.29, 0.717) is 13.2 Å². The maximum Gasteiger partial charge on any atom is 0.0958 e. The van der Waals surface area contributed by atoms with Crippen LogP contribution in [0.2, 0.25) is 0 Å². The Morgan fingerprint density at radius 1 is 1.78 bits per heavy atom. The van der Waals surface area contributed by atoms with Crippen LogP contribution in [-0.4, -0.2) is 36.0 Å². The third kappa shape index (κ3) is 1.93. The predicted octanol–water partition coefficient (Wildman–Crippen LogP) is 0.00450. The number of β-amino-alcohol motifs (C(OH)–C–C–N with tert-alkyl or cyclic N) is 1. The maximum atomic E-state index is 8.96.